The Balaban J connectivity index is 0.00000420. The zero-order chi connectivity index (χ0) is 28.6. The second-order valence-corrected chi connectivity index (χ2v) is 11.5. The van der Waals surface area contributed by atoms with Gasteiger partial charge in [-0.1, -0.05) is 28.9 Å². The van der Waals surface area contributed by atoms with Gasteiger partial charge in [0, 0.05) is 11.5 Å². The number of amides is 2. The third-order valence-corrected chi connectivity index (χ3v) is 8.16. The summed E-state index contributed by atoms with van der Waals surface area (Å²) in [4.78, 5) is 52.0. The summed E-state index contributed by atoms with van der Waals surface area (Å²) >= 11 is 3.12. The highest BCUT2D eigenvalue weighted by Crippen LogP contribution is 2.56. The molecule has 0 saturated heterocycles. The van der Waals surface area contributed by atoms with Gasteiger partial charge in [0.05, 0.1) is 34.1 Å². The lowest BCUT2D eigenvalue weighted by atomic mass is 9.54. The molecule has 1 saturated carbocycles. The number of carbonyl (C=O) groups is 4. The van der Waals surface area contributed by atoms with E-state index in [1.54, 1.807) is 13.8 Å². The molecule has 1 aromatic carbocycles. The molecule has 0 spiro atoms. The Morgan fingerprint density at radius 3 is 2.28 bits per heavy atom. The number of primary amides is 1. The molecular weight excluding hydrogens is 646 g/mol. The van der Waals surface area contributed by atoms with Crippen LogP contribution in [0.2, 0.25) is 0 Å². The Labute approximate surface area is 242 Å². The van der Waals surface area contributed by atoms with Gasteiger partial charge >= 0.3 is 0 Å². The van der Waals surface area contributed by atoms with Gasteiger partial charge in [0.2, 0.25) is 11.7 Å². The standard InChI is InChI=1S/C25H28BrN3O9.BrH/c1-7-9-5-6-10(28-24(37)8(2)26)17(30)12(9)18(31)13-11(7)19(32)15-16(29(3)4)20(33)14(23(27)36)22(35)25(15,38)21(13)34;/h5-8,11,15-16,19,30-32,35,38H,1-4H3,(H2,27,36)(H,28,37);1H/t7?,8?,11?,15?,16-,19?,25?;/m0./s1. The summed E-state index contributed by atoms with van der Waals surface area (Å²) in [6.45, 7) is 3.18. The van der Waals surface area contributed by atoms with Gasteiger partial charge in [0.1, 0.15) is 22.8 Å². The van der Waals surface area contributed by atoms with E-state index in [1.165, 1.54) is 31.1 Å². The van der Waals surface area contributed by atoms with Gasteiger partial charge < -0.3 is 36.6 Å². The predicted octanol–water partition coefficient (Wildman–Crippen LogP) is 0.796. The van der Waals surface area contributed by atoms with E-state index in [0.717, 1.165) is 0 Å². The van der Waals surface area contributed by atoms with Crippen LogP contribution in [0.5, 0.6) is 5.75 Å². The fourth-order valence-corrected chi connectivity index (χ4v) is 6.06. The topological polar surface area (TPSA) is 211 Å². The number of rotatable bonds is 4. The fourth-order valence-electron chi connectivity index (χ4n) is 5.95. The molecule has 14 heteroatoms. The van der Waals surface area contributed by atoms with Crippen molar-refractivity contribution in [1.82, 2.24) is 4.90 Å². The summed E-state index contributed by atoms with van der Waals surface area (Å²) in [5.74, 6) is -10.3. The maximum atomic E-state index is 13.9. The van der Waals surface area contributed by atoms with Crippen molar-refractivity contribution in [2.45, 2.75) is 42.3 Å². The number of halogens is 2. The molecule has 3 aliphatic carbocycles. The summed E-state index contributed by atoms with van der Waals surface area (Å²) in [5.41, 5.74) is 0.879. The molecule has 0 aromatic heterocycles. The highest BCUT2D eigenvalue weighted by atomic mass is 79.9. The van der Waals surface area contributed by atoms with Crippen LogP contribution in [-0.4, -0.2) is 90.5 Å². The van der Waals surface area contributed by atoms with Gasteiger partial charge in [0.25, 0.3) is 5.91 Å². The lowest BCUT2D eigenvalue weighted by Gasteiger charge is -2.53. The predicted molar refractivity (Wildman–Crippen MR) is 148 cm³/mol. The van der Waals surface area contributed by atoms with Crippen molar-refractivity contribution in [3.63, 3.8) is 0 Å². The van der Waals surface area contributed by atoms with Crippen LogP contribution in [-0.2, 0) is 19.2 Å². The van der Waals surface area contributed by atoms with Gasteiger partial charge in [-0.15, -0.1) is 17.0 Å². The number of Topliss-reactive ketones (excluding diaryl/α,β-unsaturated/α-hetero) is 2. The number of aliphatic hydroxyl groups excluding tert-OH is 3. The minimum absolute atomic E-state index is 0. The van der Waals surface area contributed by atoms with Crippen LogP contribution < -0.4 is 11.1 Å². The summed E-state index contributed by atoms with van der Waals surface area (Å²) in [6.07, 6.45) is -1.68. The number of phenols is 1. The van der Waals surface area contributed by atoms with E-state index in [1.807, 2.05) is 0 Å². The van der Waals surface area contributed by atoms with Crippen LogP contribution in [0.4, 0.5) is 5.69 Å². The minimum Gasteiger partial charge on any atom is -0.508 e. The van der Waals surface area contributed by atoms with Crippen LogP contribution in [0.3, 0.4) is 0 Å². The molecule has 7 atom stereocenters. The van der Waals surface area contributed by atoms with Gasteiger partial charge in [-0.25, -0.2) is 0 Å². The average Bonchev–Trinajstić information content (AvgIpc) is 2.82. The Morgan fingerprint density at radius 1 is 1.18 bits per heavy atom. The zero-order valence-corrected chi connectivity index (χ0v) is 24.6. The molecule has 39 heavy (non-hydrogen) atoms. The van der Waals surface area contributed by atoms with Gasteiger partial charge in [-0.2, -0.15) is 0 Å². The first kappa shape index (κ1) is 30.8. The van der Waals surface area contributed by atoms with E-state index in [9.17, 15) is 44.7 Å². The van der Waals surface area contributed by atoms with Crippen LogP contribution in [0, 0.1) is 11.8 Å². The maximum Gasteiger partial charge on any atom is 0.255 e. The number of likely N-dealkylation sites (N-methyl/N-ethyl adjacent to an activating group) is 1. The highest BCUT2D eigenvalue weighted by molar-refractivity contribution is 9.10. The van der Waals surface area contributed by atoms with Crippen molar-refractivity contribution in [2.75, 3.05) is 19.4 Å². The summed E-state index contributed by atoms with van der Waals surface area (Å²) in [5, 5.41) is 58.9. The second-order valence-electron chi connectivity index (χ2n) is 10.1. The molecule has 0 aliphatic heterocycles. The molecule has 6 unspecified atom stereocenters. The van der Waals surface area contributed by atoms with Gasteiger partial charge in [0.15, 0.2) is 11.4 Å². The van der Waals surface area contributed by atoms with E-state index in [2.05, 4.69) is 21.2 Å². The van der Waals surface area contributed by atoms with E-state index in [-0.39, 0.29) is 28.2 Å². The Hall–Kier alpha value is -2.78. The van der Waals surface area contributed by atoms with Gasteiger partial charge in [-0.05, 0) is 38.6 Å². The third kappa shape index (κ3) is 4.20. The molecule has 3 aliphatic rings. The number of fused-ring (bicyclic) bond motifs is 3. The number of alkyl halides is 1. The van der Waals surface area contributed by atoms with Crippen molar-refractivity contribution >= 4 is 67.7 Å². The minimum atomic E-state index is -2.99. The summed E-state index contributed by atoms with van der Waals surface area (Å²) < 4.78 is 0. The van der Waals surface area contributed by atoms with Crippen LogP contribution in [0.1, 0.15) is 30.9 Å². The first-order valence-corrected chi connectivity index (χ1v) is 12.6. The number of hydrogen-bond acceptors (Lipinski definition) is 10. The SMILES string of the molecule is Br.CC(Br)C(=O)Nc1ccc2c(c1O)C(O)=C1C(=O)C3(O)C(O)=C(C(N)=O)C(=O)[C@@H](N(C)C)C3C(O)C1C2C. The maximum absolute atomic E-state index is 13.9. The quantitative estimate of drug-likeness (QED) is 0.136. The number of nitrogens with zero attached hydrogens (tertiary/aromatic N) is 1. The lowest BCUT2D eigenvalue weighted by molar-refractivity contribution is -0.169. The fraction of sp³-hybridized carbons (Fsp3) is 0.440. The first-order valence-electron chi connectivity index (χ1n) is 11.7. The molecule has 8 N–H and O–H groups in total. The molecule has 1 aromatic rings. The van der Waals surface area contributed by atoms with Crippen LogP contribution in [0.25, 0.3) is 5.76 Å². The molecule has 4 rings (SSSR count). The van der Waals surface area contributed by atoms with Crippen molar-refractivity contribution < 1.29 is 44.7 Å². The van der Waals surface area contributed by atoms with E-state index in [0.29, 0.717) is 5.56 Å². The number of aliphatic hydroxyl groups is 4. The van der Waals surface area contributed by atoms with Crippen molar-refractivity contribution in [3.8, 4) is 5.75 Å². The second kappa shape index (κ2) is 10.3. The van der Waals surface area contributed by atoms with E-state index < -0.39 is 92.1 Å². The molecule has 212 valence electrons. The first-order chi connectivity index (χ1) is 17.6. The van der Waals surface area contributed by atoms with Crippen molar-refractivity contribution in [1.29, 1.82) is 0 Å². The third-order valence-electron chi connectivity index (χ3n) is 7.75. The molecule has 2 amide bonds. The van der Waals surface area contributed by atoms with Crippen LogP contribution >= 0.6 is 32.9 Å². The highest BCUT2D eigenvalue weighted by Gasteiger charge is 2.68. The van der Waals surface area contributed by atoms with Crippen LogP contribution in [0.15, 0.2) is 29.0 Å². The van der Waals surface area contributed by atoms with Gasteiger partial charge in [-0.3, -0.25) is 24.1 Å². The number of aromatic hydroxyl groups is 1. The Kier molecular flexibility index (Phi) is 8.14. The molecule has 12 nitrogen and oxygen atoms in total. The number of nitrogens with one attached hydrogen (secondary N) is 1. The number of anilines is 1. The largest absolute Gasteiger partial charge is 0.508 e. The molecule has 0 radical (unpaired) electrons. The molecule has 0 heterocycles. The number of benzene rings is 1. The molecule has 0 bridgehead atoms. The Bertz CT molecular complexity index is 1360. The number of ketones is 2. The van der Waals surface area contributed by atoms with E-state index >= 15 is 0 Å². The van der Waals surface area contributed by atoms with Crippen molar-refractivity contribution in [2.24, 2.45) is 17.6 Å². The molecule has 1 fully saturated rings. The lowest BCUT2D eigenvalue weighted by Crippen LogP contribution is -2.70. The zero-order valence-electron chi connectivity index (χ0n) is 21.3. The number of carbonyl (C=O) groups excluding carboxylic acids is 4. The van der Waals surface area contributed by atoms with E-state index in [4.69, 9.17) is 5.73 Å². The number of hydrogen-bond donors (Lipinski definition) is 7. The average molecular weight is 675 g/mol. The van der Waals surface area contributed by atoms with Crippen molar-refractivity contribution in [3.05, 3.63) is 40.2 Å². The molecular formula is C25H29Br2N3O9. The smallest absolute Gasteiger partial charge is 0.255 e. The number of nitrogens with two attached hydrogens (primary N) is 1. The monoisotopic (exact) mass is 673 g/mol. The Morgan fingerprint density at radius 2 is 1.77 bits per heavy atom. The summed E-state index contributed by atoms with van der Waals surface area (Å²) in [6, 6.07) is 1.49. The number of phenolic OH excluding ortho intramolecular Hbond substituents is 1. The summed E-state index contributed by atoms with van der Waals surface area (Å²) in [7, 11) is 2.87. The normalized spacial score (nSPS) is 30.7.